The Morgan fingerprint density at radius 2 is 2.00 bits per heavy atom. The molecule has 2 nitrogen and oxygen atoms in total. The van der Waals surface area contributed by atoms with Crippen LogP contribution in [0.5, 0.6) is 0 Å². The first-order valence-corrected chi connectivity index (χ1v) is 4.68. The van der Waals surface area contributed by atoms with Crippen molar-refractivity contribution in [3.05, 3.63) is 0 Å². The van der Waals surface area contributed by atoms with E-state index >= 15 is 0 Å². The van der Waals surface area contributed by atoms with Crippen LogP contribution in [0.1, 0.15) is 40.0 Å². The largest absolute Gasteiger partial charge is 0.481 e. The molecule has 0 radical (unpaired) electrons. The van der Waals surface area contributed by atoms with Crippen molar-refractivity contribution in [1.82, 2.24) is 0 Å². The Labute approximate surface area is 94.4 Å². The third kappa shape index (κ3) is 2.80. The molecule has 0 heterocycles. The first-order chi connectivity index (χ1) is 5.45. The van der Waals surface area contributed by atoms with Crippen LogP contribution in [0, 0.1) is 17.3 Å². The SMILES string of the molecule is CC1CCCC(C)(C)C1C(=O)O.[Mo]. The normalized spacial score (nSPS) is 31.9. The summed E-state index contributed by atoms with van der Waals surface area (Å²) in [6, 6.07) is 0. The molecule has 0 aromatic rings. The quantitative estimate of drug-likeness (QED) is 0.740. The summed E-state index contributed by atoms with van der Waals surface area (Å²) < 4.78 is 0. The molecule has 2 unspecified atom stereocenters. The topological polar surface area (TPSA) is 37.3 Å². The molecule has 0 amide bonds. The van der Waals surface area contributed by atoms with Gasteiger partial charge >= 0.3 is 5.97 Å². The summed E-state index contributed by atoms with van der Waals surface area (Å²) in [5.41, 5.74) is -0.0104. The van der Waals surface area contributed by atoms with Crippen LogP contribution < -0.4 is 0 Å². The van der Waals surface area contributed by atoms with Gasteiger partial charge in [-0.2, -0.15) is 0 Å². The number of hydrogen-bond acceptors (Lipinski definition) is 1. The molecule has 2 atom stereocenters. The first-order valence-electron chi connectivity index (χ1n) is 4.68. The summed E-state index contributed by atoms with van der Waals surface area (Å²) in [5, 5.41) is 9.04. The number of carboxylic acids is 1. The summed E-state index contributed by atoms with van der Waals surface area (Å²) in [6.07, 6.45) is 3.30. The molecule has 1 N–H and O–H groups in total. The zero-order chi connectivity index (χ0) is 9.35. The maximum atomic E-state index is 11.0. The fraction of sp³-hybridized carbons (Fsp3) is 0.900. The molecule has 13 heavy (non-hydrogen) atoms. The van der Waals surface area contributed by atoms with Crippen LogP contribution in [0.3, 0.4) is 0 Å². The third-order valence-electron chi connectivity index (χ3n) is 3.16. The molecule has 1 aliphatic rings. The van der Waals surface area contributed by atoms with E-state index in [2.05, 4.69) is 20.8 Å². The summed E-state index contributed by atoms with van der Waals surface area (Å²) in [6.45, 7) is 6.20. The Morgan fingerprint density at radius 3 is 2.31 bits per heavy atom. The van der Waals surface area contributed by atoms with Gasteiger partial charge in [0.25, 0.3) is 0 Å². The number of hydrogen-bond donors (Lipinski definition) is 1. The maximum absolute atomic E-state index is 11.0. The van der Waals surface area contributed by atoms with E-state index in [1.807, 2.05) is 0 Å². The van der Waals surface area contributed by atoms with Crippen molar-refractivity contribution >= 4 is 5.97 Å². The third-order valence-corrected chi connectivity index (χ3v) is 3.16. The van der Waals surface area contributed by atoms with Gasteiger partial charge in [0, 0.05) is 21.1 Å². The van der Waals surface area contributed by atoms with Gasteiger partial charge in [-0.15, -0.1) is 0 Å². The molecule has 3 heteroatoms. The maximum Gasteiger partial charge on any atom is 0.307 e. The van der Waals surface area contributed by atoms with E-state index in [9.17, 15) is 4.79 Å². The van der Waals surface area contributed by atoms with Crippen molar-refractivity contribution in [2.45, 2.75) is 40.0 Å². The van der Waals surface area contributed by atoms with Crippen LogP contribution in [0.25, 0.3) is 0 Å². The van der Waals surface area contributed by atoms with Crippen LogP contribution in [0.2, 0.25) is 0 Å². The molecule has 0 aromatic carbocycles. The molecule has 1 saturated carbocycles. The second kappa shape index (κ2) is 4.59. The Kier molecular flexibility index (Phi) is 4.65. The summed E-state index contributed by atoms with van der Waals surface area (Å²) in [5.74, 6) is -0.426. The van der Waals surface area contributed by atoms with Gasteiger partial charge < -0.3 is 5.11 Å². The second-order valence-electron chi connectivity index (χ2n) is 4.67. The van der Waals surface area contributed by atoms with E-state index in [1.165, 1.54) is 6.42 Å². The molecule has 0 spiro atoms. The smallest absolute Gasteiger partial charge is 0.307 e. The number of carbonyl (C=O) groups is 1. The van der Waals surface area contributed by atoms with Crippen LogP contribution in [-0.4, -0.2) is 11.1 Å². The van der Waals surface area contributed by atoms with Crippen molar-refractivity contribution in [3.8, 4) is 0 Å². The average Bonchev–Trinajstić information content (AvgIpc) is 1.82. The molecule has 1 rings (SSSR count). The van der Waals surface area contributed by atoms with Gasteiger partial charge in [0.2, 0.25) is 0 Å². The van der Waals surface area contributed by atoms with Crippen LogP contribution in [-0.2, 0) is 25.9 Å². The monoisotopic (exact) mass is 268 g/mol. The minimum atomic E-state index is -0.618. The van der Waals surface area contributed by atoms with Gasteiger partial charge in [0.15, 0.2) is 0 Å². The van der Waals surface area contributed by atoms with Crippen LogP contribution in [0.15, 0.2) is 0 Å². The zero-order valence-electron chi connectivity index (χ0n) is 8.54. The summed E-state index contributed by atoms with van der Waals surface area (Å²) in [4.78, 5) is 11.0. The predicted molar refractivity (Wildman–Crippen MR) is 47.9 cm³/mol. The van der Waals surface area contributed by atoms with E-state index in [4.69, 9.17) is 5.11 Å². The molecule has 1 aliphatic carbocycles. The molecule has 1 fully saturated rings. The van der Waals surface area contributed by atoms with Crippen molar-refractivity contribution in [3.63, 3.8) is 0 Å². The van der Waals surface area contributed by atoms with Crippen molar-refractivity contribution in [2.24, 2.45) is 17.3 Å². The Bertz CT molecular complexity index is 189. The fourth-order valence-corrected chi connectivity index (χ4v) is 2.55. The first kappa shape index (κ1) is 13.2. The number of carboxylic acid groups (broad SMARTS) is 1. The van der Waals surface area contributed by atoms with Crippen molar-refractivity contribution < 1.29 is 31.0 Å². The van der Waals surface area contributed by atoms with E-state index < -0.39 is 5.97 Å². The minimum absolute atomic E-state index is 0. The van der Waals surface area contributed by atoms with Gasteiger partial charge in [-0.3, -0.25) is 4.79 Å². The fourth-order valence-electron chi connectivity index (χ4n) is 2.55. The minimum Gasteiger partial charge on any atom is -0.481 e. The van der Waals surface area contributed by atoms with Gasteiger partial charge in [-0.1, -0.05) is 27.2 Å². The van der Waals surface area contributed by atoms with Gasteiger partial charge in [0.05, 0.1) is 5.92 Å². The molecular formula is C10H18MoO2. The standard InChI is InChI=1S/C10H18O2.Mo/c1-7-5-4-6-10(2,3)8(7)9(11)12;/h7-8H,4-6H2,1-3H3,(H,11,12);. The number of aliphatic carboxylic acids is 1. The second-order valence-corrected chi connectivity index (χ2v) is 4.67. The van der Waals surface area contributed by atoms with Crippen molar-refractivity contribution in [2.75, 3.05) is 0 Å². The molecular weight excluding hydrogens is 248 g/mol. The molecule has 0 aromatic heterocycles. The predicted octanol–water partition coefficient (Wildman–Crippen LogP) is 2.53. The van der Waals surface area contributed by atoms with Gasteiger partial charge in [0.1, 0.15) is 0 Å². The molecule has 0 aliphatic heterocycles. The summed E-state index contributed by atoms with van der Waals surface area (Å²) >= 11 is 0. The zero-order valence-corrected chi connectivity index (χ0v) is 10.5. The molecule has 0 bridgehead atoms. The van der Waals surface area contributed by atoms with E-state index in [-0.39, 0.29) is 32.4 Å². The van der Waals surface area contributed by atoms with Gasteiger partial charge in [-0.25, -0.2) is 0 Å². The molecule has 76 valence electrons. The van der Waals surface area contributed by atoms with E-state index in [0.717, 1.165) is 12.8 Å². The van der Waals surface area contributed by atoms with Crippen LogP contribution in [0.4, 0.5) is 0 Å². The Morgan fingerprint density at radius 1 is 1.46 bits per heavy atom. The van der Waals surface area contributed by atoms with Crippen LogP contribution >= 0.6 is 0 Å². The van der Waals surface area contributed by atoms with Crippen molar-refractivity contribution in [1.29, 1.82) is 0 Å². The molecule has 0 saturated heterocycles. The summed E-state index contributed by atoms with van der Waals surface area (Å²) in [7, 11) is 0. The van der Waals surface area contributed by atoms with E-state index in [1.54, 1.807) is 0 Å². The Balaban J connectivity index is 0.00000144. The van der Waals surface area contributed by atoms with Gasteiger partial charge in [-0.05, 0) is 24.2 Å². The van der Waals surface area contributed by atoms with E-state index in [0.29, 0.717) is 5.92 Å². The number of rotatable bonds is 1. The average molecular weight is 266 g/mol. The Hall–Kier alpha value is 0.158.